The molecule has 0 bridgehead atoms. The number of nitrogens with two attached hydrogens (primary N) is 1. The fraction of sp³-hybridized carbons (Fsp3) is 0.320. The minimum atomic E-state index is -4.23. The van der Waals surface area contributed by atoms with Gasteiger partial charge < -0.3 is 20.1 Å². The number of methoxy groups -OCH3 is 1. The topological polar surface area (TPSA) is 125 Å². The van der Waals surface area contributed by atoms with Gasteiger partial charge in [0.25, 0.3) is 5.91 Å². The number of benzene rings is 1. The molecule has 2 N–H and O–H groups in total. The Morgan fingerprint density at radius 3 is 2.51 bits per heavy atom. The normalized spacial score (nSPS) is 17.3. The number of amides is 1. The highest BCUT2D eigenvalue weighted by atomic mass is 32.2. The Bertz CT molecular complexity index is 1370. The molecule has 1 atom stereocenters. The number of nitrogens with zero attached hydrogens (tertiary/aromatic N) is 3. The standard InChI is InChI=1S/C25H28N4O5S/c1-16-14-25(2,3)29(15-16)24-22(23(26)30)19(11-12-27-24)35(31,32)21-10-6-9-20(28-21)34-18-8-5-7-17(13-18)33-4/h5-13,16H,14-15H2,1-4H3,(H2,26,30). The maximum absolute atomic E-state index is 13.7. The number of hydrogen-bond donors (Lipinski definition) is 1. The summed E-state index contributed by atoms with van der Waals surface area (Å²) < 4.78 is 38.3. The summed E-state index contributed by atoms with van der Waals surface area (Å²) in [6.07, 6.45) is 2.25. The van der Waals surface area contributed by atoms with Gasteiger partial charge in [0.15, 0.2) is 5.03 Å². The lowest BCUT2D eigenvalue weighted by Crippen LogP contribution is -2.40. The zero-order valence-corrected chi connectivity index (χ0v) is 20.9. The lowest BCUT2D eigenvalue weighted by atomic mass is 9.97. The van der Waals surface area contributed by atoms with Gasteiger partial charge >= 0.3 is 0 Å². The van der Waals surface area contributed by atoms with Crippen LogP contribution < -0.4 is 20.1 Å². The molecule has 0 saturated carbocycles. The molecule has 184 valence electrons. The maximum atomic E-state index is 13.7. The van der Waals surface area contributed by atoms with E-state index in [0.717, 1.165) is 6.42 Å². The highest BCUT2D eigenvalue weighted by molar-refractivity contribution is 7.91. The lowest BCUT2D eigenvalue weighted by molar-refractivity contribution is 0.0997. The number of sulfone groups is 1. The fourth-order valence-corrected chi connectivity index (χ4v) is 5.95. The van der Waals surface area contributed by atoms with Gasteiger partial charge in [-0.15, -0.1) is 0 Å². The van der Waals surface area contributed by atoms with Crippen LogP contribution in [0.25, 0.3) is 0 Å². The number of carbonyl (C=O) groups excluding carboxylic acids is 1. The predicted molar refractivity (Wildman–Crippen MR) is 131 cm³/mol. The Labute approximate surface area is 204 Å². The smallest absolute Gasteiger partial charge is 0.253 e. The molecule has 10 heteroatoms. The van der Waals surface area contributed by atoms with Crippen LogP contribution in [0.15, 0.2) is 64.6 Å². The van der Waals surface area contributed by atoms with E-state index in [4.69, 9.17) is 15.2 Å². The van der Waals surface area contributed by atoms with E-state index in [0.29, 0.717) is 24.0 Å². The molecule has 1 aliphatic heterocycles. The van der Waals surface area contributed by atoms with Crippen molar-refractivity contribution < 1.29 is 22.7 Å². The van der Waals surface area contributed by atoms with Gasteiger partial charge in [-0.25, -0.2) is 18.4 Å². The van der Waals surface area contributed by atoms with Crippen LogP contribution >= 0.6 is 0 Å². The average molecular weight is 497 g/mol. The van der Waals surface area contributed by atoms with Gasteiger partial charge in [0.05, 0.1) is 12.0 Å². The zero-order chi connectivity index (χ0) is 25.4. The van der Waals surface area contributed by atoms with E-state index >= 15 is 0 Å². The van der Waals surface area contributed by atoms with E-state index in [9.17, 15) is 13.2 Å². The number of carbonyl (C=O) groups is 1. The van der Waals surface area contributed by atoms with E-state index in [1.165, 1.54) is 31.5 Å². The van der Waals surface area contributed by atoms with E-state index in [1.807, 2.05) is 18.7 Å². The molecule has 1 aromatic carbocycles. The summed E-state index contributed by atoms with van der Waals surface area (Å²) in [6, 6.07) is 12.5. The third kappa shape index (κ3) is 4.79. The van der Waals surface area contributed by atoms with Crippen molar-refractivity contribution in [3.63, 3.8) is 0 Å². The van der Waals surface area contributed by atoms with Crippen molar-refractivity contribution in [2.45, 2.75) is 42.7 Å². The van der Waals surface area contributed by atoms with E-state index in [-0.39, 0.29) is 32.7 Å². The third-order valence-electron chi connectivity index (χ3n) is 5.99. The number of rotatable bonds is 7. The molecule has 3 heterocycles. The molecule has 0 spiro atoms. The predicted octanol–water partition coefficient (Wildman–Crippen LogP) is 3.83. The van der Waals surface area contributed by atoms with Crippen molar-refractivity contribution in [3.05, 3.63) is 60.3 Å². The molecule has 1 aliphatic rings. The van der Waals surface area contributed by atoms with Crippen molar-refractivity contribution in [1.29, 1.82) is 0 Å². The van der Waals surface area contributed by atoms with E-state index in [2.05, 4.69) is 16.9 Å². The molecule has 1 fully saturated rings. The first kappa shape index (κ1) is 24.5. The molecule has 1 saturated heterocycles. The minimum Gasteiger partial charge on any atom is -0.497 e. The minimum absolute atomic E-state index is 0.0729. The van der Waals surface area contributed by atoms with E-state index in [1.54, 1.807) is 30.3 Å². The van der Waals surface area contributed by atoms with Crippen LogP contribution in [0.3, 0.4) is 0 Å². The van der Waals surface area contributed by atoms with Gasteiger partial charge in [0.1, 0.15) is 22.9 Å². The highest BCUT2D eigenvalue weighted by Crippen LogP contribution is 2.39. The van der Waals surface area contributed by atoms with Gasteiger partial charge in [-0.2, -0.15) is 0 Å². The number of pyridine rings is 2. The molecule has 9 nitrogen and oxygen atoms in total. The Morgan fingerprint density at radius 2 is 1.86 bits per heavy atom. The number of primary amides is 1. The Morgan fingerprint density at radius 1 is 1.14 bits per heavy atom. The second-order valence-electron chi connectivity index (χ2n) is 9.20. The summed E-state index contributed by atoms with van der Waals surface area (Å²) in [4.78, 5) is 22.9. The van der Waals surface area contributed by atoms with Crippen LogP contribution in [0.5, 0.6) is 17.4 Å². The number of ether oxygens (including phenoxy) is 2. The second-order valence-corrected chi connectivity index (χ2v) is 11.1. The highest BCUT2D eigenvalue weighted by Gasteiger charge is 2.40. The molecule has 0 radical (unpaired) electrons. The quantitative estimate of drug-likeness (QED) is 0.523. The molecule has 4 rings (SSSR count). The second kappa shape index (κ2) is 9.18. The first-order valence-electron chi connectivity index (χ1n) is 11.1. The third-order valence-corrected chi connectivity index (χ3v) is 7.69. The number of hydrogen-bond acceptors (Lipinski definition) is 8. The Hall–Kier alpha value is -3.66. The molecule has 1 amide bonds. The van der Waals surface area contributed by atoms with Crippen molar-refractivity contribution >= 4 is 21.6 Å². The van der Waals surface area contributed by atoms with Crippen LogP contribution in [-0.4, -0.2) is 43.5 Å². The van der Waals surface area contributed by atoms with Crippen LogP contribution in [0.4, 0.5) is 5.82 Å². The van der Waals surface area contributed by atoms with Crippen molar-refractivity contribution in [2.75, 3.05) is 18.6 Å². The number of anilines is 1. The van der Waals surface area contributed by atoms with Gasteiger partial charge in [0.2, 0.25) is 15.7 Å². The summed E-state index contributed by atoms with van der Waals surface area (Å²) in [6.45, 7) is 6.80. The average Bonchev–Trinajstić information content (AvgIpc) is 3.10. The van der Waals surface area contributed by atoms with Crippen molar-refractivity contribution in [1.82, 2.24) is 9.97 Å². The van der Waals surface area contributed by atoms with Crippen LogP contribution in [0.1, 0.15) is 37.6 Å². The fourth-order valence-electron chi connectivity index (χ4n) is 4.55. The lowest BCUT2D eigenvalue weighted by Gasteiger charge is -2.33. The van der Waals surface area contributed by atoms with Crippen LogP contribution in [0, 0.1) is 5.92 Å². The Balaban J connectivity index is 1.76. The molecular formula is C25H28N4O5S. The van der Waals surface area contributed by atoms with Crippen LogP contribution in [0.2, 0.25) is 0 Å². The van der Waals surface area contributed by atoms with Crippen molar-refractivity contribution in [2.24, 2.45) is 11.7 Å². The van der Waals surface area contributed by atoms with Gasteiger partial charge in [-0.3, -0.25) is 4.79 Å². The zero-order valence-electron chi connectivity index (χ0n) is 20.1. The number of aromatic nitrogens is 2. The molecule has 3 aromatic rings. The van der Waals surface area contributed by atoms with Gasteiger partial charge in [0, 0.05) is 30.4 Å². The molecule has 2 aromatic heterocycles. The monoisotopic (exact) mass is 496 g/mol. The van der Waals surface area contributed by atoms with Crippen LogP contribution in [-0.2, 0) is 9.84 Å². The first-order valence-corrected chi connectivity index (χ1v) is 12.6. The SMILES string of the molecule is COc1cccc(Oc2cccc(S(=O)(=O)c3ccnc(N4CC(C)CC4(C)C)c3C(N)=O)n2)c1. The molecule has 35 heavy (non-hydrogen) atoms. The summed E-state index contributed by atoms with van der Waals surface area (Å²) >= 11 is 0. The summed E-state index contributed by atoms with van der Waals surface area (Å²) in [5, 5.41) is -0.272. The largest absolute Gasteiger partial charge is 0.497 e. The maximum Gasteiger partial charge on any atom is 0.253 e. The first-order chi connectivity index (χ1) is 16.5. The summed E-state index contributed by atoms with van der Waals surface area (Å²) in [7, 11) is -2.69. The van der Waals surface area contributed by atoms with Gasteiger partial charge in [-0.1, -0.05) is 19.1 Å². The molecule has 0 aliphatic carbocycles. The van der Waals surface area contributed by atoms with Crippen molar-refractivity contribution in [3.8, 4) is 17.4 Å². The summed E-state index contributed by atoms with van der Waals surface area (Å²) in [5.74, 6) is 0.827. The molecular weight excluding hydrogens is 468 g/mol. The summed E-state index contributed by atoms with van der Waals surface area (Å²) in [5.41, 5.74) is 5.25. The Kier molecular flexibility index (Phi) is 6.42. The van der Waals surface area contributed by atoms with E-state index < -0.39 is 15.7 Å². The molecule has 1 unspecified atom stereocenters. The van der Waals surface area contributed by atoms with Gasteiger partial charge in [-0.05, 0) is 50.5 Å².